The molecule has 90 valence electrons. The highest BCUT2D eigenvalue weighted by Gasteiger charge is 2.21. The lowest BCUT2D eigenvalue weighted by Gasteiger charge is -2.23. The highest BCUT2D eigenvalue weighted by Crippen LogP contribution is 2.09. The van der Waals surface area contributed by atoms with Gasteiger partial charge < -0.3 is 16.2 Å². The third-order valence-corrected chi connectivity index (χ3v) is 2.95. The molecule has 0 aliphatic rings. The van der Waals surface area contributed by atoms with Crippen molar-refractivity contribution >= 4 is 17.7 Å². The largest absolute Gasteiger partial charge is 0.387 e. The molecular formula is C10H22N2O2S. The van der Waals surface area contributed by atoms with Crippen molar-refractivity contribution in [1.29, 1.82) is 0 Å². The first-order valence-corrected chi connectivity index (χ1v) is 6.57. The average Bonchev–Trinajstić information content (AvgIpc) is 2.14. The van der Waals surface area contributed by atoms with Crippen LogP contribution >= 0.6 is 11.8 Å². The van der Waals surface area contributed by atoms with Crippen molar-refractivity contribution in [3.05, 3.63) is 0 Å². The Morgan fingerprint density at radius 1 is 1.67 bits per heavy atom. The van der Waals surface area contributed by atoms with Gasteiger partial charge in [-0.3, -0.25) is 4.79 Å². The number of hydrogen-bond acceptors (Lipinski definition) is 4. The molecule has 0 saturated carbocycles. The van der Waals surface area contributed by atoms with Crippen molar-refractivity contribution in [2.45, 2.75) is 38.3 Å². The lowest BCUT2D eigenvalue weighted by atomic mass is 10.1. The Morgan fingerprint density at radius 3 is 2.73 bits per heavy atom. The molecule has 0 bridgehead atoms. The maximum Gasteiger partial charge on any atom is 0.237 e. The summed E-state index contributed by atoms with van der Waals surface area (Å²) in [5.41, 5.74) is 4.77. The van der Waals surface area contributed by atoms with Gasteiger partial charge in [0.05, 0.1) is 11.6 Å². The fourth-order valence-electron chi connectivity index (χ4n) is 1.21. The van der Waals surface area contributed by atoms with Crippen LogP contribution in [0.15, 0.2) is 0 Å². The predicted molar refractivity (Wildman–Crippen MR) is 64.9 cm³/mol. The zero-order valence-corrected chi connectivity index (χ0v) is 10.6. The van der Waals surface area contributed by atoms with Crippen molar-refractivity contribution in [2.24, 2.45) is 5.73 Å². The maximum absolute atomic E-state index is 11.4. The van der Waals surface area contributed by atoms with E-state index in [1.807, 2.05) is 13.2 Å². The van der Waals surface area contributed by atoms with E-state index in [0.717, 1.165) is 6.42 Å². The molecule has 4 N–H and O–H groups in total. The Hall–Kier alpha value is -0.260. The van der Waals surface area contributed by atoms with E-state index >= 15 is 0 Å². The summed E-state index contributed by atoms with van der Waals surface area (Å²) in [7, 11) is 0. The van der Waals surface area contributed by atoms with E-state index < -0.39 is 11.6 Å². The van der Waals surface area contributed by atoms with Gasteiger partial charge in [-0.05, 0) is 19.6 Å². The number of nitrogens with two attached hydrogens (primary N) is 1. The lowest BCUT2D eigenvalue weighted by Crippen LogP contribution is -2.48. The fourth-order valence-corrected chi connectivity index (χ4v) is 1.94. The summed E-state index contributed by atoms with van der Waals surface area (Å²) in [5.74, 6) is 0.411. The maximum atomic E-state index is 11.4. The van der Waals surface area contributed by atoms with Crippen LogP contribution in [0.25, 0.3) is 0 Å². The molecule has 0 radical (unpaired) electrons. The second-order valence-electron chi connectivity index (χ2n) is 4.04. The van der Waals surface area contributed by atoms with Crippen molar-refractivity contribution in [3.8, 4) is 0 Å². The summed E-state index contributed by atoms with van der Waals surface area (Å²) in [5, 5.41) is 12.5. The third kappa shape index (κ3) is 6.76. The SMILES string of the molecule is CCCC(N)C(=O)NCC(C)(O)CSC. The summed E-state index contributed by atoms with van der Waals surface area (Å²) >= 11 is 1.55. The minimum Gasteiger partial charge on any atom is -0.387 e. The quantitative estimate of drug-likeness (QED) is 0.594. The fraction of sp³-hybridized carbons (Fsp3) is 0.900. The van der Waals surface area contributed by atoms with E-state index in [-0.39, 0.29) is 12.5 Å². The number of thioether (sulfide) groups is 1. The molecule has 15 heavy (non-hydrogen) atoms. The number of amides is 1. The normalized spacial score (nSPS) is 16.9. The van der Waals surface area contributed by atoms with Crippen LogP contribution in [0.4, 0.5) is 0 Å². The van der Waals surface area contributed by atoms with E-state index in [9.17, 15) is 9.90 Å². The summed E-state index contributed by atoms with van der Waals surface area (Å²) in [6.45, 7) is 3.94. The van der Waals surface area contributed by atoms with Gasteiger partial charge in [-0.25, -0.2) is 0 Å². The van der Waals surface area contributed by atoms with Gasteiger partial charge in [-0.1, -0.05) is 13.3 Å². The molecular weight excluding hydrogens is 212 g/mol. The monoisotopic (exact) mass is 234 g/mol. The Bertz CT molecular complexity index is 198. The summed E-state index contributed by atoms with van der Waals surface area (Å²) < 4.78 is 0. The predicted octanol–water partition coefficient (Wildman–Crippen LogP) is 0.344. The molecule has 0 spiro atoms. The zero-order chi connectivity index (χ0) is 11.9. The molecule has 0 aromatic heterocycles. The first-order valence-electron chi connectivity index (χ1n) is 5.17. The third-order valence-electron chi connectivity index (χ3n) is 2.04. The first-order chi connectivity index (χ1) is 6.93. The smallest absolute Gasteiger partial charge is 0.237 e. The van der Waals surface area contributed by atoms with Crippen LogP contribution in [0, 0.1) is 0 Å². The first kappa shape index (κ1) is 14.7. The van der Waals surface area contributed by atoms with Crippen molar-refractivity contribution < 1.29 is 9.90 Å². The van der Waals surface area contributed by atoms with Gasteiger partial charge >= 0.3 is 0 Å². The highest BCUT2D eigenvalue weighted by molar-refractivity contribution is 7.98. The van der Waals surface area contributed by atoms with E-state index in [1.165, 1.54) is 0 Å². The molecule has 2 atom stereocenters. The Labute approximate surface area is 96.0 Å². The molecule has 0 aliphatic carbocycles. The number of carbonyl (C=O) groups is 1. The highest BCUT2D eigenvalue weighted by atomic mass is 32.2. The van der Waals surface area contributed by atoms with Crippen LogP contribution in [-0.2, 0) is 4.79 Å². The van der Waals surface area contributed by atoms with E-state index in [4.69, 9.17) is 5.73 Å². The minimum absolute atomic E-state index is 0.182. The molecule has 0 saturated heterocycles. The average molecular weight is 234 g/mol. The summed E-state index contributed by atoms with van der Waals surface area (Å²) in [6.07, 6.45) is 3.48. The Morgan fingerprint density at radius 2 is 2.27 bits per heavy atom. The van der Waals surface area contributed by atoms with Crippen LogP contribution in [0.2, 0.25) is 0 Å². The van der Waals surface area contributed by atoms with Crippen LogP contribution in [0.3, 0.4) is 0 Å². The molecule has 2 unspecified atom stereocenters. The summed E-state index contributed by atoms with van der Waals surface area (Å²) in [6, 6.07) is -0.458. The molecule has 0 rings (SSSR count). The van der Waals surface area contributed by atoms with Crippen molar-refractivity contribution in [2.75, 3.05) is 18.6 Å². The van der Waals surface area contributed by atoms with Gasteiger partial charge in [0.15, 0.2) is 0 Å². The zero-order valence-electron chi connectivity index (χ0n) is 9.75. The van der Waals surface area contributed by atoms with Gasteiger partial charge in [-0.15, -0.1) is 0 Å². The second-order valence-corrected chi connectivity index (χ2v) is 4.91. The molecule has 1 amide bonds. The summed E-state index contributed by atoms with van der Waals surface area (Å²) in [4.78, 5) is 11.4. The van der Waals surface area contributed by atoms with Gasteiger partial charge in [-0.2, -0.15) is 11.8 Å². The van der Waals surface area contributed by atoms with Gasteiger partial charge in [0.25, 0.3) is 0 Å². The van der Waals surface area contributed by atoms with Crippen molar-refractivity contribution in [3.63, 3.8) is 0 Å². The molecule has 4 nitrogen and oxygen atoms in total. The van der Waals surface area contributed by atoms with Crippen LogP contribution in [0.5, 0.6) is 0 Å². The van der Waals surface area contributed by atoms with Gasteiger partial charge in [0.2, 0.25) is 5.91 Å². The molecule has 0 aromatic carbocycles. The van der Waals surface area contributed by atoms with Gasteiger partial charge in [0, 0.05) is 12.3 Å². The molecule has 0 fully saturated rings. The number of aliphatic hydroxyl groups is 1. The Kier molecular flexibility index (Phi) is 6.96. The van der Waals surface area contributed by atoms with E-state index in [2.05, 4.69) is 5.32 Å². The second kappa shape index (κ2) is 7.09. The number of nitrogens with one attached hydrogen (secondary N) is 1. The van der Waals surface area contributed by atoms with Crippen LogP contribution < -0.4 is 11.1 Å². The van der Waals surface area contributed by atoms with Gasteiger partial charge in [0.1, 0.15) is 0 Å². The number of rotatable bonds is 7. The van der Waals surface area contributed by atoms with Crippen LogP contribution in [-0.4, -0.2) is 41.2 Å². The minimum atomic E-state index is -0.860. The Balaban J connectivity index is 3.88. The molecule has 5 heteroatoms. The molecule has 0 aromatic rings. The van der Waals surface area contributed by atoms with Crippen LogP contribution in [0.1, 0.15) is 26.7 Å². The number of hydrogen-bond donors (Lipinski definition) is 3. The van der Waals surface area contributed by atoms with E-state index in [1.54, 1.807) is 18.7 Å². The van der Waals surface area contributed by atoms with Crippen molar-refractivity contribution in [1.82, 2.24) is 5.32 Å². The topological polar surface area (TPSA) is 75.4 Å². The molecule has 0 aliphatic heterocycles. The molecule has 0 heterocycles. The standard InChI is InChI=1S/C10H22N2O2S/c1-4-5-8(11)9(13)12-6-10(2,14)7-15-3/h8,14H,4-7,11H2,1-3H3,(H,12,13). The number of carbonyl (C=O) groups excluding carboxylic acids is 1. The lowest BCUT2D eigenvalue weighted by molar-refractivity contribution is -0.123. The van der Waals surface area contributed by atoms with E-state index in [0.29, 0.717) is 12.2 Å².